The smallest absolute Gasteiger partial charge is 0.319 e. The van der Waals surface area contributed by atoms with Gasteiger partial charge in [-0.1, -0.05) is 19.1 Å². The number of rotatable bonds is 5. The Kier molecular flexibility index (Phi) is 5.26. The lowest BCUT2D eigenvalue weighted by Gasteiger charge is -2.28. The molecule has 0 saturated carbocycles. The van der Waals surface area contributed by atoms with Crippen LogP contribution < -0.4 is 0 Å². The van der Waals surface area contributed by atoms with Gasteiger partial charge in [-0.05, 0) is 33.6 Å². The van der Waals surface area contributed by atoms with Crippen LogP contribution in [0.15, 0.2) is 12.2 Å². The van der Waals surface area contributed by atoms with E-state index in [0.29, 0.717) is 6.61 Å². The van der Waals surface area contributed by atoms with Gasteiger partial charge in [-0.2, -0.15) is 0 Å². The molecular formula is C12H20O3. The third-order valence-electron chi connectivity index (χ3n) is 2.82. The highest BCUT2D eigenvalue weighted by atomic mass is 16.5. The Labute approximate surface area is 91.5 Å². The number of allylic oxidation sites excluding steroid dienone is 2. The molecule has 2 unspecified atom stereocenters. The van der Waals surface area contributed by atoms with Gasteiger partial charge in [0.15, 0.2) is 0 Å². The maximum Gasteiger partial charge on any atom is 0.319 e. The van der Waals surface area contributed by atoms with Crippen LogP contribution in [-0.2, 0) is 14.3 Å². The molecule has 0 N–H and O–H groups in total. The first-order valence-electron chi connectivity index (χ1n) is 5.22. The van der Waals surface area contributed by atoms with Crippen molar-refractivity contribution in [1.29, 1.82) is 0 Å². The third-order valence-corrected chi connectivity index (χ3v) is 2.82. The van der Waals surface area contributed by atoms with Crippen LogP contribution in [0.25, 0.3) is 0 Å². The number of hydrogen-bond donors (Lipinski definition) is 0. The standard InChI is InChI=1S/C12H20O3/c1-6-8-9(3)12(5,10(4)13)11(14)15-7-2/h6,8-9H,7H2,1-5H3/b8-6+. The number of esters is 1. The average Bonchev–Trinajstić information content (AvgIpc) is 2.16. The zero-order valence-corrected chi connectivity index (χ0v) is 10.2. The van der Waals surface area contributed by atoms with Gasteiger partial charge in [0.1, 0.15) is 11.2 Å². The molecule has 0 amide bonds. The molecule has 0 fully saturated rings. The summed E-state index contributed by atoms with van der Waals surface area (Å²) >= 11 is 0. The Morgan fingerprint density at radius 3 is 2.33 bits per heavy atom. The van der Waals surface area contributed by atoms with Gasteiger partial charge < -0.3 is 4.74 Å². The fraction of sp³-hybridized carbons (Fsp3) is 0.667. The first-order valence-corrected chi connectivity index (χ1v) is 5.22. The zero-order chi connectivity index (χ0) is 12.1. The monoisotopic (exact) mass is 212 g/mol. The fourth-order valence-corrected chi connectivity index (χ4v) is 1.41. The molecule has 3 heteroatoms. The summed E-state index contributed by atoms with van der Waals surface area (Å²) in [5.74, 6) is -0.756. The Bertz CT molecular complexity index is 268. The summed E-state index contributed by atoms with van der Waals surface area (Å²) in [6.45, 7) is 8.80. The summed E-state index contributed by atoms with van der Waals surface area (Å²) in [5, 5.41) is 0. The molecule has 0 aromatic heterocycles. The summed E-state index contributed by atoms with van der Waals surface area (Å²) in [6, 6.07) is 0. The lowest BCUT2D eigenvalue weighted by Crippen LogP contribution is -2.41. The highest BCUT2D eigenvalue weighted by Crippen LogP contribution is 2.31. The molecule has 2 atom stereocenters. The van der Waals surface area contributed by atoms with E-state index in [1.807, 2.05) is 26.0 Å². The minimum absolute atomic E-state index is 0.154. The van der Waals surface area contributed by atoms with E-state index in [9.17, 15) is 9.59 Å². The SMILES string of the molecule is C/C=C/C(C)C(C)(C(C)=O)C(=O)OCC. The maximum atomic E-state index is 11.7. The van der Waals surface area contributed by atoms with E-state index in [-0.39, 0.29) is 11.7 Å². The molecule has 0 radical (unpaired) electrons. The van der Waals surface area contributed by atoms with Crippen molar-refractivity contribution < 1.29 is 14.3 Å². The van der Waals surface area contributed by atoms with Crippen molar-refractivity contribution in [2.45, 2.75) is 34.6 Å². The summed E-state index contributed by atoms with van der Waals surface area (Å²) in [4.78, 5) is 23.3. The summed E-state index contributed by atoms with van der Waals surface area (Å²) in [6.07, 6.45) is 3.68. The number of carbonyl (C=O) groups is 2. The highest BCUT2D eigenvalue weighted by Gasteiger charge is 2.43. The van der Waals surface area contributed by atoms with Crippen molar-refractivity contribution in [1.82, 2.24) is 0 Å². The molecule has 0 aliphatic carbocycles. The third kappa shape index (κ3) is 2.91. The van der Waals surface area contributed by atoms with Crippen molar-refractivity contribution in [3.63, 3.8) is 0 Å². The normalized spacial score (nSPS) is 17.1. The first kappa shape index (κ1) is 13.9. The van der Waals surface area contributed by atoms with E-state index in [4.69, 9.17) is 4.74 Å². The van der Waals surface area contributed by atoms with Crippen LogP contribution >= 0.6 is 0 Å². The van der Waals surface area contributed by atoms with Gasteiger partial charge in [-0.25, -0.2) is 0 Å². The van der Waals surface area contributed by atoms with E-state index in [0.717, 1.165) is 0 Å². The summed E-state index contributed by atoms with van der Waals surface area (Å²) in [5.41, 5.74) is -1.07. The van der Waals surface area contributed by atoms with Gasteiger partial charge in [0.05, 0.1) is 6.61 Å². The predicted octanol–water partition coefficient (Wildman–Crippen LogP) is 2.36. The van der Waals surface area contributed by atoms with Crippen molar-refractivity contribution in [3.05, 3.63) is 12.2 Å². The van der Waals surface area contributed by atoms with E-state index in [1.54, 1.807) is 13.8 Å². The lowest BCUT2D eigenvalue weighted by atomic mass is 9.75. The fourth-order valence-electron chi connectivity index (χ4n) is 1.41. The number of ether oxygens (including phenoxy) is 1. The van der Waals surface area contributed by atoms with E-state index < -0.39 is 11.4 Å². The van der Waals surface area contributed by atoms with Gasteiger partial charge in [0.25, 0.3) is 0 Å². The van der Waals surface area contributed by atoms with Gasteiger partial charge in [0, 0.05) is 0 Å². The molecular weight excluding hydrogens is 192 g/mol. The van der Waals surface area contributed by atoms with E-state index >= 15 is 0 Å². The minimum atomic E-state index is -1.07. The Hall–Kier alpha value is -1.12. The molecule has 0 heterocycles. The van der Waals surface area contributed by atoms with Gasteiger partial charge in [-0.15, -0.1) is 0 Å². The second-order valence-electron chi connectivity index (χ2n) is 3.79. The largest absolute Gasteiger partial charge is 0.465 e. The lowest BCUT2D eigenvalue weighted by molar-refractivity contribution is -0.160. The first-order chi connectivity index (χ1) is 6.91. The Morgan fingerprint density at radius 2 is 2.00 bits per heavy atom. The van der Waals surface area contributed by atoms with Crippen molar-refractivity contribution in [2.24, 2.45) is 11.3 Å². The molecule has 0 aliphatic heterocycles. The summed E-state index contributed by atoms with van der Waals surface area (Å²) in [7, 11) is 0. The molecule has 3 nitrogen and oxygen atoms in total. The number of ketones is 1. The number of hydrogen-bond acceptors (Lipinski definition) is 3. The molecule has 0 spiro atoms. The average molecular weight is 212 g/mol. The molecule has 0 saturated heterocycles. The van der Waals surface area contributed by atoms with Crippen LogP contribution in [0.1, 0.15) is 34.6 Å². The molecule has 86 valence electrons. The highest BCUT2D eigenvalue weighted by molar-refractivity contribution is 6.02. The van der Waals surface area contributed by atoms with Gasteiger partial charge in [-0.3, -0.25) is 9.59 Å². The van der Waals surface area contributed by atoms with Crippen molar-refractivity contribution >= 4 is 11.8 Å². The number of carbonyl (C=O) groups excluding carboxylic acids is 2. The maximum absolute atomic E-state index is 11.7. The van der Waals surface area contributed by atoms with Crippen molar-refractivity contribution in [2.75, 3.05) is 6.61 Å². The molecule has 0 rings (SSSR count). The Balaban J connectivity index is 5.05. The predicted molar refractivity (Wildman–Crippen MR) is 59.4 cm³/mol. The molecule has 0 aromatic rings. The zero-order valence-electron chi connectivity index (χ0n) is 10.2. The summed E-state index contributed by atoms with van der Waals surface area (Å²) < 4.78 is 4.94. The minimum Gasteiger partial charge on any atom is -0.465 e. The van der Waals surface area contributed by atoms with Crippen LogP contribution in [0, 0.1) is 11.3 Å². The van der Waals surface area contributed by atoms with Crippen LogP contribution in [0.2, 0.25) is 0 Å². The van der Waals surface area contributed by atoms with Gasteiger partial charge >= 0.3 is 5.97 Å². The van der Waals surface area contributed by atoms with Crippen LogP contribution in [0.4, 0.5) is 0 Å². The molecule has 0 aromatic carbocycles. The van der Waals surface area contributed by atoms with Crippen LogP contribution in [0.3, 0.4) is 0 Å². The van der Waals surface area contributed by atoms with Gasteiger partial charge in [0.2, 0.25) is 0 Å². The topological polar surface area (TPSA) is 43.4 Å². The quantitative estimate of drug-likeness (QED) is 0.399. The second kappa shape index (κ2) is 5.69. The second-order valence-corrected chi connectivity index (χ2v) is 3.79. The van der Waals surface area contributed by atoms with Crippen LogP contribution in [-0.4, -0.2) is 18.4 Å². The van der Waals surface area contributed by atoms with Crippen LogP contribution in [0.5, 0.6) is 0 Å². The van der Waals surface area contributed by atoms with Crippen molar-refractivity contribution in [3.8, 4) is 0 Å². The Morgan fingerprint density at radius 1 is 1.47 bits per heavy atom. The molecule has 15 heavy (non-hydrogen) atoms. The molecule has 0 bridgehead atoms. The number of Topliss-reactive ketones (excluding diaryl/α,β-unsaturated/α-hetero) is 1. The van der Waals surface area contributed by atoms with E-state index in [2.05, 4.69) is 0 Å². The molecule has 0 aliphatic rings. The van der Waals surface area contributed by atoms with E-state index in [1.165, 1.54) is 6.92 Å².